The molecule has 124 valence electrons. The van der Waals surface area contributed by atoms with Crippen molar-refractivity contribution in [3.63, 3.8) is 0 Å². The molecule has 0 spiro atoms. The molecule has 0 fully saturated rings. The Morgan fingerprint density at radius 3 is 2.62 bits per heavy atom. The van der Waals surface area contributed by atoms with E-state index in [1.807, 2.05) is 19.1 Å². The van der Waals surface area contributed by atoms with Crippen molar-refractivity contribution in [3.8, 4) is 17.2 Å². The minimum atomic E-state index is -0.515. The zero-order chi connectivity index (χ0) is 17.3. The summed E-state index contributed by atoms with van der Waals surface area (Å²) in [7, 11) is 1.62. The fourth-order valence-corrected chi connectivity index (χ4v) is 2.80. The fraction of sp³-hybridized carbons (Fsp3) is 0.167. The number of nitrogen functional groups attached to an aromatic ring is 1. The molecule has 0 bridgehead atoms. The summed E-state index contributed by atoms with van der Waals surface area (Å²) in [6.45, 7) is 2.02. The van der Waals surface area contributed by atoms with Crippen molar-refractivity contribution in [2.75, 3.05) is 12.8 Å². The standard InChI is InChI=1S/C18H16BrFN2O2/c1-10(19)12-8-16-13(9-18(12)23-2)17(5-6-22-16)24-11-3-4-15(21)14(20)7-11/h3-10H,21H2,1-2H3. The van der Waals surface area contributed by atoms with Gasteiger partial charge in [-0.3, -0.25) is 4.98 Å². The van der Waals surface area contributed by atoms with Gasteiger partial charge >= 0.3 is 0 Å². The van der Waals surface area contributed by atoms with Gasteiger partial charge in [0.1, 0.15) is 23.1 Å². The van der Waals surface area contributed by atoms with Gasteiger partial charge in [0.25, 0.3) is 0 Å². The van der Waals surface area contributed by atoms with Crippen molar-refractivity contribution in [1.29, 1.82) is 0 Å². The van der Waals surface area contributed by atoms with Gasteiger partial charge in [0.05, 0.1) is 18.3 Å². The molecule has 6 heteroatoms. The first kappa shape index (κ1) is 16.5. The van der Waals surface area contributed by atoms with E-state index in [0.29, 0.717) is 11.5 Å². The van der Waals surface area contributed by atoms with Crippen molar-refractivity contribution >= 4 is 32.5 Å². The third-order valence-corrected chi connectivity index (χ3v) is 4.17. The van der Waals surface area contributed by atoms with Crippen LogP contribution in [-0.2, 0) is 0 Å². The Morgan fingerprint density at radius 1 is 1.17 bits per heavy atom. The van der Waals surface area contributed by atoms with Crippen LogP contribution in [0.3, 0.4) is 0 Å². The summed E-state index contributed by atoms with van der Waals surface area (Å²) in [5.41, 5.74) is 7.34. The molecule has 0 aliphatic rings. The van der Waals surface area contributed by atoms with E-state index in [1.54, 1.807) is 25.4 Å². The van der Waals surface area contributed by atoms with Gasteiger partial charge in [-0.2, -0.15) is 0 Å². The molecule has 4 nitrogen and oxygen atoms in total. The minimum Gasteiger partial charge on any atom is -0.496 e. The smallest absolute Gasteiger partial charge is 0.149 e. The number of alkyl halides is 1. The topological polar surface area (TPSA) is 57.4 Å². The Bertz CT molecular complexity index is 900. The lowest BCUT2D eigenvalue weighted by Crippen LogP contribution is -1.96. The lowest BCUT2D eigenvalue weighted by Gasteiger charge is -2.14. The van der Waals surface area contributed by atoms with Gasteiger partial charge < -0.3 is 15.2 Å². The van der Waals surface area contributed by atoms with Crippen LogP contribution in [0.25, 0.3) is 10.9 Å². The van der Waals surface area contributed by atoms with Crippen molar-refractivity contribution in [2.24, 2.45) is 0 Å². The number of rotatable bonds is 4. The van der Waals surface area contributed by atoms with E-state index in [2.05, 4.69) is 20.9 Å². The number of halogens is 2. The van der Waals surface area contributed by atoms with Crippen LogP contribution in [0.5, 0.6) is 17.2 Å². The van der Waals surface area contributed by atoms with Crippen LogP contribution in [0.1, 0.15) is 17.3 Å². The fourth-order valence-electron chi connectivity index (χ4n) is 2.44. The van der Waals surface area contributed by atoms with Crippen LogP contribution in [0.2, 0.25) is 0 Å². The molecule has 3 rings (SSSR count). The van der Waals surface area contributed by atoms with Crippen LogP contribution in [0, 0.1) is 5.82 Å². The van der Waals surface area contributed by atoms with Gasteiger partial charge in [-0.1, -0.05) is 15.9 Å². The Hall–Kier alpha value is -2.34. The molecule has 3 aromatic rings. The highest BCUT2D eigenvalue weighted by atomic mass is 79.9. The molecule has 0 aliphatic heterocycles. The van der Waals surface area contributed by atoms with Gasteiger partial charge in [0.15, 0.2) is 0 Å². The van der Waals surface area contributed by atoms with Crippen LogP contribution in [0.4, 0.5) is 10.1 Å². The Balaban J connectivity index is 2.09. The monoisotopic (exact) mass is 390 g/mol. The van der Waals surface area contributed by atoms with Crippen molar-refractivity contribution in [2.45, 2.75) is 11.8 Å². The number of anilines is 1. The number of pyridine rings is 1. The number of fused-ring (bicyclic) bond motifs is 1. The zero-order valence-corrected chi connectivity index (χ0v) is 14.8. The number of methoxy groups -OCH3 is 1. The molecule has 1 aromatic heterocycles. The minimum absolute atomic E-state index is 0.0829. The van der Waals surface area contributed by atoms with E-state index in [9.17, 15) is 4.39 Å². The zero-order valence-electron chi connectivity index (χ0n) is 13.2. The highest BCUT2D eigenvalue weighted by Gasteiger charge is 2.14. The number of ether oxygens (including phenoxy) is 2. The first-order valence-electron chi connectivity index (χ1n) is 7.33. The normalized spacial score (nSPS) is 12.2. The number of hydrogen-bond donors (Lipinski definition) is 1. The first-order valence-corrected chi connectivity index (χ1v) is 8.24. The van der Waals surface area contributed by atoms with Gasteiger partial charge in [0.2, 0.25) is 0 Å². The van der Waals surface area contributed by atoms with E-state index in [1.165, 1.54) is 12.1 Å². The van der Waals surface area contributed by atoms with E-state index < -0.39 is 5.82 Å². The molecule has 0 saturated carbocycles. The summed E-state index contributed by atoms with van der Waals surface area (Å²) in [6, 6.07) is 9.90. The quantitative estimate of drug-likeness (QED) is 0.490. The summed E-state index contributed by atoms with van der Waals surface area (Å²) < 4.78 is 24.9. The summed E-state index contributed by atoms with van der Waals surface area (Å²) >= 11 is 3.55. The lowest BCUT2D eigenvalue weighted by atomic mass is 10.1. The van der Waals surface area contributed by atoms with Gasteiger partial charge in [0, 0.05) is 28.0 Å². The second-order valence-electron chi connectivity index (χ2n) is 5.32. The predicted octanol–water partition coefficient (Wildman–Crippen LogP) is 5.21. The molecule has 0 radical (unpaired) electrons. The highest BCUT2D eigenvalue weighted by molar-refractivity contribution is 9.09. The molecule has 24 heavy (non-hydrogen) atoms. The van der Waals surface area contributed by atoms with E-state index in [-0.39, 0.29) is 10.5 Å². The molecule has 0 amide bonds. The van der Waals surface area contributed by atoms with Gasteiger partial charge in [-0.25, -0.2) is 4.39 Å². The third kappa shape index (κ3) is 3.14. The van der Waals surface area contributed by atoms with Gasteiger partial charge in [-0.05, 0) is 37.3 Å². The predicted molar refractivity (Wildman–Crippen MR) is 96.5 cm³/mol. The summed E-state index contributed by atoms with van der Waals surface area (Å²) in [4.78, 5) is 4.50. The number of aromatic nitrogens is 1. The molecule has 1 unspecified atom stereocenters. The van der Waals surface area contributed by atoms with Crippen molar-refractivity contribution < 1.29 is 13.9 Å². The van der Waals surface area contributed by atoms with Crippen LogP contribution < -0.4 is 15.2 Å². The van der Waals surface area contributed by atoms with E-state index in [0.717, 1.165) is 22.2 Å². The summed E-state index contributed by atoms with van der Waals surface area (Å²) in [5, 5.41) is 0.781. The lowest BCUT2D eigenvalue weighted by molar-refractivity contribution is 0.410. The molecule has 1 atom stereocenters. The number of nitrogens with two attached hydrogens (primary N) is 1. The number of benzene rings is 2. The van der Waals surface area contributed by atoms with Gasteiger partial charge in [-0.15, -0.1) is 0 Å². The third-order valence-electron chi connectivity index (χ3n) is 3.68. The van der Waals surface area contributed by atoms with E-state index >= 15 is 0 Å². The number of hydrogen-bond acceptors (Lipinski definition) is 4. The van der Waals surface area contributed by atoms with Crippen LogP contribution in [-0.4, -0.2) is 12.1 Å². The molecule has 1 heterocycles. The molecule has 0 aliphatic carbocycles. The SMILES string of the molecule is COc1cc2c(Oc3ccc(N)c(F)c3)ccnc2cc1C(C)Br. The molecular weight excluding hydrogens is 375 g/mol. The van der Waals surface area contributed by atoms with E-state index in [4.69, 9.17) is 15.2 Å². The maximum atomic E-state index is 13.6. The Labute approximate surface area is 147 Å². The average molecular weight is 391 g/mol. The second kappa shape index (κ2) is 6.65. The van der Waals surface area contributed by atoms with Crippen LogP contribution >= 0.6 is 15.9 Å². The summed E-state index contributed by atoms with van der Waals surface area (Å²) in [5.74, 6) is 1.15. The molecule has 2 N–H and O–H groups in total. The first-order chi connectivity index (χ1) is 11.5. The Morgan fingerprint density at radius 2 is 1.96 bits per heavy atom. The molecule has 2 aromatic carbocycles. The second-order valence-corrected chi connectivity index (χ2v) is 6.70. The average Bonchev–Trinajstić information content (AvgIpc) is 2.57. The molecule has 0 saturated heterocycles. The maximum Gasteiger partial charge on any atom is 0.149 e. The largest absolute Gasteiger partial charge is 0.496 e. The van der Waals surface area contributed by atoms with Crippen LogP contribution in [0.15, 0.2) is 42.6 Å². The van der Waals surface area contributed by atoms with Crippen molar-refractivity contribution in [3.05, 3.63) is 54.0 Å². The highest BCUT2D eigenvalue weighted by Crippen LogP contribution is 2.38. The Kier molecular flexibility index (Phi) is 4.57. The summed E-state index contributed by atoms with van der Waals surface area (Å²) in [6.07, 6.45) is 1.65. The number of nitrogens with zero attached hydrogens (tertiary/aromatic N) is 1. The maximum absolute atomic E-state index is 13.6. The molecular formula is C18H16BrFN2O2. The van der Waals surface area contributed by atoms with Crippen molar-refractivity contribution in [1.82, 2.24) is 4.98 Å².